The number of hydrogen-bond acceptors (Lipinski definition) is 4. The van der Waals surface area contributed by atoms with Gasteiger partial charge in [-0.2, -0.15) is 0 Å². The fraction of sp³-hybridized carbons (Fsp3) is 0.615. The molecule has 1 rings (SSSR count). The number of sulfonamides is 1. The van der Waals surface area contributed by atoms with E-state index in [2.05, 4.69) is 5.32 Å². The van der Waals surface area contributed by atoms with Crippen LogP contribution >= 0.6 is 11.3 Å². The van der Waals surface area contributed by atoms with Crippen LogP contribution < -0.4 is 5.32 Å². The molecule has 7 heteroatoms. The van der Waals surface area contributed by atoms with E-state index in [0.717, 1.165) is 0 Å². The number of nitrogens with zero attached hydrogens (tertiary/aromatic N) is 1. The van der Waals surface area contributed by atoms with Gasteiger partial charge in [-0.25, -0.2) is 12.7 Å². The minimum atomic E-state index is -3.40. The van der Waals surface area contributed by atoms with Gasteiger partial charge in [0.05, 0.1) is 0 Å². The summed E-state index contributed by atoms with van der Waals surface area (Å²) in [6, 6.07) is 3.30. The van der Waals surface area contributed by atoms with E-state index in [-0.39, 0.29) is 5.91 Å². The van der Waals surface area contributed by atoms with Crippen LogP contribution in [0.3, 0.4) is 0 Å². The Hall–Kier alpha value is -0.920. The summed E-state index contributed by atoms with van der Waals surface area (Å²) >= 11 is 1.20. The Kier molecular flexibility index (Phi) is 6.64. The van der Waals surface area contributed by atoms with E-state index >= 15 is 0 Å². The molecule has 0 aliphatic carbocycles. The van der Waals surface area contributed by atoms with Crippen LogP contribution in [0.2, 0.25) is 0 Å². The van der Waals surface area contributed by atoms with Crippen molar-refractivity contribution in [1.82, 2.24) is 9.62 Å². The van der Waals surface area contributed by atoms with Crippen LogP contribution in [0.15, 0.2) is 21.7 Å². The van der Waals surface area contributed by atoms with E-state index < -0.39 is 10.0 Å². The summed E-state index contributed by atoms with van der Waals surface area (Å²) in [5, 5.41) is 4.55. The number of nitrogens with one attached hydrogen (secondary N) is 1. The second-order valence-corrected chi connectivity index (χ2v) is 8.28. The molecule has 0 spiro atoms. The van der Waals surface area contributed by atoms with Crippen molar-refractivity contribution in [1.29, 1.82) is 0 Å². The molecule has 20 heavy (non-hydrogen) atoms. The SMILES string of the molecule is CC(C)CNC(=O)CCCN(C)S(=O)(=O)c1cccs1. The highest BCUT2D eigenvalue weighted by Crippen LogP contribution is 2.19. The third-order valence-electron chi connectivity index (χ3n) is 2.74. The maximum Gasteiger partial charge on any atom is 0.252 e. The Morgan fingerprint density at radius 3 is 2.70 bits per heavy atom. The molecule has 1 N–H and O–H groups in total. The highest BCUT2D eigenvalue weighted by Gasteiger charge is 2.21. The third kappa shape index (κ3) is 5.22. The molecule has 0 aliphatic heterocycles. The Balaban J connectivity index is 2.37. The molecule has 1 aromatic heterocycles. The first-order chi connectivity index (χ1) is 9.34. The summed E-state index contributed by atoms with van der Waals surface area (Å²) in [6.07, 6.45) is 0.863. The van der Waals surface area contributed by atoms with E-state index in [1.54, 1.807) is 24.6 Å². The molecule has 0 saturated heterocycles. The molecule has 0 aromatic carbocycles. The van der Waals surface area contributed by atoms with Crippen LogP contribution in [-0.2, 0) is 14.8 Å². The molecule has 1 heterocycles. The number of rotatable bonds is 8. The highest BCUT2D eigenvalue weighted by atomic mass is 32.2. The Labute approximate surface area is 125 Å². The van der Waals surface area contributed by atoms with Gasteiger partial charge in [-0.05, 0) is 23.8 Å². The van der Waals surface area contributed by atoms with Crippen molar-refractivity contribution in [2.45, 2.75) is 30.9 Å². The van der Waals surface area contributed by atoms with Gasteiger partial charge in [0.1, 0.15) is 4.21 Å². The molecule has 5 nitrogen and oxygen atoms in total. The lowest BCUT2D eigenvalue weighted by atomic mass is 10.2. The summed E-state index contributed by atoms with van der Waals surface area (Å²) in [6.45, 7) is 5.06. The van der Waals surface area contributed by atoms with Crippen molar-refractivity contribution in [2.24, 2.45) is 5.92 Å². The molecule has 0 radical (unpaired) electrons. The maximum absolute atomic E-state index is 12.1. The maximum atomic E-state index is 12.1. The molecule has 114 valence electrons. The first kappa shape index (κ1) is 17.1. The van der Waals surface area contributed by atoms with Crippen LogP contribution in [0.5, 0.6) is 0 Å². The fourth-order valence-corrected chi connectivity index (χ4v) is 3.96. The molecule has 1 aromatic rings. The molecule has 1 amide bonds. The summed E-state index contributed by atoms with van der Waals surface area (Å²) < 4.78 is 25.9. The number of amides is 1. The second-order valence-electron chi connectivity index (χ2n) is 5.06. The number of hydrogen-bond donors (Lipinski definition) is 1. The van der Waals surface area contributed by atoms with E-state index in [9.17, 15) is 13.2 Å². The standard InChI is InChI=1S/C13H22N2O3S2/c1-11(2)10-14-12(16)6-4-8-15(3)20(17,18)13-7-5-9-19-13/h5,7,9,11H,4,6,8,10H2,1-3H3,(H,14,16). The number of carbonyl (C=O) groups excluding carboxylic acids is 1. The zero-order valence-corrected chi connectivity index (χ0v) is 13.8. The fourth-order valence-electron chi connectivity index (χ4n) is 1.55. The molecular formula is C13H22N2O3S2. The zero-order chi connectivity index (χ0) is 15.2. The normalized spacial score (nSPS) is 12.1. The van der Waals surface area contributed by atoms with Gasteiger partial charge in [-0.1, -0.05) is 19.9 Å². The monoisotopic (exact) mass is 318 g/mol. The van der Waals surface area contributed by atoms with Crippen molar-refractivity contribution < 1.29 is 13.2 Å². The van der Waals surface area contributed by atoms with Gasteiger partial charge in [-0.15, -0.1) is 11.3 Å². The summed E-state index contributed by atoms with van der Waals surface area (Å²) in [4.78, 5) is 11.5. The summed E-state index contributed by atoms with van der Waals surface area (Å²) in [5.41, 5.74) is 0. The van der Waals surface area contributed by atoms with Gasteiger partial charge >= 0.3 is 0 Å². The van der Waals surface area contributed by atoms with E-state index in [4.69, 9.17) is 0 Å². The second kappa shape index (κ2) is 7.75. The Morgan fingerprint density at radius 1 is 1.45 bits per heavy atom. The summed E-state index contributed by atoms with van der Waals surface area (Å²) in [5.74, 6) is 0.390. The lowest BCUT2D eigenvalue weighted by Gasteiger charge is -2.15. The predicted octanol–water partition coefficient (Wildman–Crippen LogP) is 1.92. The predicted molar refractivity (Wildman–Crippen MR) is 81.2 cm³/mol. The van der Waals surface area contributed by atoms with Gasteiger partial charge in [-0.3, -0.25) is 4.79 Å². The molecule has 0 saturated carbocycles. The van der Waals surface area contributed by atoms with Crippen molar-refractivity contribution in [3.8, 4) is 0 Å². The molecule has 0 fully saturated rings. The van der Waals surface area contributed by atoms with Crippen molar-refractivity contribution in [3.05, 3.63) is 17.5 Å². The topological polar surface area (TPSA) is 66.5 Å². The van der Waals surface area contributed by atoms with Crippen LogP contribution in [0.1, 0.15) is 26.7 Å². The first-order valence-corrected chi connectivity index (χ1v) is 8.92. The van der Waals surface area contributed by atoms with Gasteiger partial charge in [0, 0.05) is 26.6 Å². The molecule has 0 bridgehead atoms. The minimum absolute atomic E-state index is 0.0272. The lowest BCUT2D eigenvalue weighted by Crippen LogP contribution is -2.30. The minimum Gasteiger partial charge on any atom is -0.356 e. The highest BCUT2D eigenvalue weighted by molar-refractivity contribution is 7.91. The van der Waals surface area contributed by atoms with Crippen LogP contribution in [0.25, 0.3) is 0 Å². The van der Waals surface area contributed by atoms with Gasteiger partial charge in [0.2, 0.25) is 5.91 Å². The van der Waals surface area contributed by atoms with Gasteiger partial charge in [0.25, 0.3) is 10.0 Å². The van der Waals surface area contributed by atoms with E-state index in [0.29, 0.717) is 36.1 Å². The Bertz CT molecular complexity index is 510. The average molecular weight is 318 g/mol. The molecular weight excluding hydrogens is 296 g/mol. The Morgan fingerprint density at radius 2 is 2.15 bits per heavy atom. The van der Waals surface area contributed by atoms with Gasteiger partial charge in [0.15, 0.2) is 0 Å². The van der Waals surface area contributed by atoms with Crippen molar-refractivity contribution in [3.63, 3.8) is 0 Å². The summed E-state index contributed by atoms with van der Waals surface area (Å²) in [7, 11) is -1.86. The van der Waals surface area contributed by atoms with Crippen LogP contribution in [-0.4, -0.2) is 38.8 Å². The molecule has 0 atom stereocenters. The van der Waals surface area contributed by atoms with E-state index in [1.807, 2.05) is 13.8 Å². The average Bonchev–Trinajstić information content (AvgIpc) is 2.90. The molecule has 0 aliphatic rings. The number of carbonyl (C=O) groups is 1. The van der Waals surface area contributed by atoms with Gasteiger partial charge < -0.3 is 5.32 Å². The van der Waals surface area contributed by atoms with E-state index in [1.165, 1.54) is 15.6 Å². The zero-order valence-electron chi connectivity index (χ0n) is 12.1. The quantitative estimate of drug-likeness (QED) is 0.796. The molecule has 0 unspecified atom stereocenters. The number of thiophene rings is 1. The lowest BCUT2D eigenvalue weighted by molar-refractivity contribution is -0.121. The van der Waals surface area contributed by atoms with Crippen molar-refractivity contribution >= 4 is 27.3 Å². The third-order valence-corrected chi connectivity index (χ3v) is 5.97. The van der Waals surface area contributed by atoms with Crippen LogP contribution in [0, 0.1) is 5.92 Å². The largest absolute Gasteiger partial charge is 0.356 e. The van der Waals surface area contributed by atoms with Crippen LogP contribution in [0.4, 0.5) is 0 Å². The van der Waals surface area contributed by atoms with Crippen molar-refractivity contribution in [2.75, 3.05) is 20.1 Å². The smallest absolute Gasteiger partial charge is 0.252 e. The first-order valence-electron chi connectivity index (χ1n) is 6.60.